The molecule has 0 saturated heterocycles. The molecule has 0 N–H and O–H groups in total. The highest BCUT2D eigenvalue weighted by Gasteiger charge is 2.20. The summed E-state index contributed by atoms with van der Waals surface area (Å²) >= 11 is 0. The van der Waals surface area contributed by atoms with E-state index < -0.39 is 0 Å². The number of fused-ring (bicyclic) bond motifs is 7. The third-order valence-electron chi connectivity index (χ3n) is 10.4. The van der Waals surface area contributed by atoms with Gasteiger partial charge in [-0.3, -0.25) is 4.98 Å². The van der Waals surface area contributed by atoms with Crippen molar-refractivity contribution in [3.63, 3.8) is 0 Å². The summed E-state index contributed by atoms with van der Waals surface area (Å²) in [6, 6.07) is 58.3. The number of benzene rings is 7. The average molecular weight is 692 g/mol. The first-order valence-electron chi connectivity index (χ1n) is 18.0. The monoisotopic (exact) mass is 691 g/mol. The quantitative estimate of drug-likeness (QED) is 0.180. The van der Waals surface area contributed by atoms with Gasteiger partial charge in [-0.15, -0.1) is 0 Å². The second-order valence-electron chi connectivity index (χ2n) is 13.6. The fraction of sp³-hybridized carbons (Fsp3) is 0. The van der Waals surface area contributed by atoms with E-state index in [4.69, 9.17) is 18.8 Å². The summed E-state index contributed by atoms with van der Waals surface area (Å²) in [7, 11) is 0. The number of rotatable bonds is 5. The highest BCUT2D eigenvalue weighted by molar-refractivity contribution is 6.16. The van der Waals surface area contributed by atoms with E-state index in [9.17, 15) is 0 Å². The van der Waals surface area contributed by atoms with Crippen molar-refractivity contribution < 1.29 is 8.83 Å². The molecule has 0 bridgehead atoms. The Bertz CT molecular complexity index is 3210. The van der Waals surface area contributed by atoms with Crippen molar-refractivity contribution in [2.24, 2.45) is 0 Å². The molecule has 7 aromatic carbocycles. The molecule has 11 aromatic rings. The second kappa shape index (κ2) is 12.1. The SMILES string of the molecule is c1ccc(-c2cc(-c3ccc(-c4ccc5c(c4)oc4ccccc45)c4oc5ccccc5c34)nc(-c3ccc(-c4cccc5cccnc45)cc3)n2)cc1. The van der Waals surface area contributed by atoms with Gasteiger partial charge >= 0.3 is 0 Å². The molecule has 4 heterocycles. The fourth-order valence-corrected chi connectivity index (χ4v) is 7.77. The molecule has 252 valence electrons. The summed E-state index contributed by atoms with van der Waals surface area (Å²) < 4.78 is 13.0. The topological polar surface area (TPSA) is 65.0 Å². The number of hydrogen-bond donors (Lipinski definition) is 0. The van der Waals surface area contributed by atoms with Gasteiger partial charge in [0.05, 0.1) is 16.9 Å². The van der Waals surface area contributed by atoms with Crippen molar-refractivity contribution in [1.82, 2.24) is 15.0 Å². The second-order valence-corrected chi connectivity index (χ2v) is 13.6. The minimum absolute atomic E-state index is 0.648. The number of nitrogens with zero attached hydrogens (tertiary/aromatic N) is 3. The Kier molecular flexibility index (Phi) is 6.79. The molecular weight excluding hydrogens is 663 g/mol. The molecule has 0 fully saturated rings. The van der Waals surface area contributed by atoms with Crippen LogP contribution in [-0.2, 0) is 0 Å². The predicted molar refractivity (Wildman–Crippen MR) is 219 cm³/mol. The Morgan fingerprint density at radius 1 is 0.389 bits per heavy atom. The molecule has 0 spiro atoms. The molecule has 0 radical (unpaired) electrons. The number of pyridine rings is 1. The zero-order valence-electron chi connectivity index (χ0n) is 28.9. The standard InChI is InChI=1S/C49H29N3O2/c1-2-10-31(11-3-1)41-29-42(52-49(51-41)33-21-19-30(20-22-33)35-16-8-12-32-13-9-27-50-47(32)35)39-26-25-36(48-46(39)40-15-5-7-18-44(40)54-48)34-23-24-38-37-14-4-6-17-43(37)53-45(38)28-34/h1-29H. The molecule has 0 aliphatic rings. The molecule has 11 rings (SSSR count). The van der Waals surface area contributed by atoms with Crippen molar-refractivity contribution in [1.29, 1.82) is 0 Å². The van der Waals surface area contributed by atoms with Crippen molar-refractivity contribution in [3.8, 4) is 56.2 Å². The molecule has 54 heavy (non-hydrogen) atoms. The minimum atomic E-state index is 0.648. The van der Waals surface area contributed by atoms with Crippen LogP contribution in [-0.4, -0.2) is 15.0 Å². The summed E-state index contributed by atoms with van der Waals surface area (Å²) in [4.78, 5) is 15.1. The van der Waals surface area contributed by atoms with Crippen molar-refractivity contribution >= 4 is 54.8 Å². The summed E-state index contributed by atoms with van der Waals surface area (Å²) in [5, 5.41) is 5.36. The number of aromatic nitrogens is 3. The molecule has 0 aliphatic carbocycles. The number of furan rings is 2. The van der Waals surface area contributed by atoms with Crippen LogP contribution in [0.2, 0.25) is 0 Å². The van der Waals surface area contributed by atoms with E-state index in [2.05, 4.69) is 120 Å². The molecule has 4 aromatic heterocycles. The Labute approximate surface area is 309 Å². The molecule has 5 nitrogen and oxygen atoms in total. The van der Waals surface area contributed by atoms with E-state index in [1.54, 1.807) is 0 Å². The predicted octanol–water partition coefficient (Wildman–Crippen LogP) is 13.2. The first kappa shape index (κ1) is 30.3. The van der Waals surface area contributed by atoms with Crippen LogP contribution in [0.1, 0.15) is 0 Å². The van der Waals surface area contributed by atoms with Crippen LogP contribution in [0.3, 0.4) is 0 Å². The highest BCUT2D eigenvalue weighted by Crippen LogP contribution is 2.43. The number of hydrogen-bond acceptors (Lipinski definition) is 5. The lowest BCUT2D eigenvalue weighted by Crippen LogP contribution is -1.96. The molecule has 0 saturated carbocycles. The van der Waals surface area contributed by atoms with Gasteiger partial charge in [-0.1, -0.05) is 127 Å². The van der Waals surface area contributed by atoms with Gasteiger partial charge in [-0.05, 0) is 53.6 Å². The largest absolute Gasteiger partial charge is 0.456 e. The van der Waals surface area contributed by atoms with E-state index in [0.717, 1.165) is 105 Å². The maximum absolute atomic E-state index is 6.71. The van der Waals surface area contributed by atoms with Gasteiger partial charge in [0, 0.05) is 60.9 Å². The van der Waals surface area contributed by atoms with Crippen LogP contribution in [0.25, 0.3) is 111 Å². The van der Waals surface area contributed by atoms with E-state index in [1.807, 2.05) is 60.8 Å². The molecular formula is C49H29N3O2. The van der Waals surface area contributed by atoms with Gasteiger partial charge < -0.3 is 8.83 Å². The van der Waals surface area contributed by atoms with Crippen LogP contribution in [0.15, 0.2) is 185 Å². The molecule has 0 unspecified atom stereocenters. The molecule has 0 amide bonds. The van der Waals surface area contributed by atoms with Gasteiger partial charge in [0.1, 0.15) is 22.3 Å². The van der Waals surface area contributed by atoms with Crippen LogP contribution >= 0.6 is 0 Å². The van der Waals surface area contributed by atoms with Crippen LogP contribution < -0.4 is 0 Å². The number of para-hydroxylation sites is 3. The first-order valence-corrected chi connectivity index (χ1v) is 18.0. The molecule has 0 atom stereocenters. The Morgan fingerprint density at radius 2 is 1.07 bits per heavy atom. The Hall–Kier alpha value is -7.37. The van der Waals surface area contributed by atoms with Crippen molar-refractivity contribution in [2.45, 2.75) is 0 Å². The summed E-state index contributed by atoms with van der Waals surface area (Å²) in [6.45, 7) is 0. The Morgan fingerprint density at radius 3 is 1.94 bits per heavy atom. The third-order valence-corrected chi connectivity index (χ3v) is 10.4. The summed E-state index contributed by atoms with van der Waals surface area (Å²) in [6.07, 6.45) is 1.84. The average Bonchev–Trinajstić information content (AvgIpc) is 3.82. The van der Waals surface area contributed by atoms with Gasteiger partial charge in [-0.25, -0.2) is 9.97 Å². The zero-order valence-corrected chi connectivity index (χ0v) is 28.9. The van der Waals surface area contributed by atoms with Gasteiger partial charge in [0.25, 0.3) is 0 Å². The highest BCUT2D eigenvalue weighted by atomic mass is 16.3. The van der Waals surface area contributed by atoms with Crippen molar-refractivity contribution in [2.75, 3.05) is 0 Å². The van der Waals surface area contributed by atoms with Crippen LogP contribution in [0, 0.1) is 0 Å². The maximum Gasteiger partial charge on any atom is 0.160 e. The van der Waals surface area contributed by atoms with E-state index in [1.165, 1.54) is 0 Å². The fourth-order valence-electron chi connectivity index (χ4n) is 7.77. The van der Waals surface area contributed by atoms with Crippen LogP contribution in [0.4, 0.5) is 0 Å². The summed E-state index contributed by atoms with van der Waals surface area (Å²) in [5.74, 6) is 0.648. The third kappa shape index (κ3) is 4.90. The van der Waals surface area contributed by atoms with Crippen LogP contribution in [0.5, 0.6) is 0 Å². The lowest BCUT2D eigenvalue weighted by atomic mass is 9.95. The van der Waals surface area contributed by atoms with E-state index >= 15 is 0 Å². The normalized spacial score (nSPS) is 11.7. The zero-order chi connectivity index (χ0) is 35.6. The lowest BCUT2D eigenvalue weighted by Gasteiger charge is -2.12. The van der Waals surface area contributed by atoms with E-state index in [-0.39, 0.29) is 0 Å². The molecule has 0 aliphatic heterocycles. The van der Waals surface area contributed by atoms with Gasteiger partial charge in [0.15, 0.2) is 5.82 Å². The minimum Gasteiger partial charge on any atom is -0.456 e. The lowest BCUT2D eigenvalue weighted by molar-refractivity contribution is 0.668. The maximum atomic E-state index is 6.71. The molecule has 5 heteroatoms. The van der Waals surface area contributed by atoms with E-state index in [0.29, 0.717) is 5.82 Å². The Balaban J connectivity index is 1.09. The van der Waals surface area contributed by atoms with Gasteiger partial charge in [-0.2, -0.15) is 0 Å². The van der Waals surface area contributed by atoms with Gasteiger partial charge in [0.2, 0.25) is 0 Å². The first-order chi connectivity index (χ1) is 26.7. The summed E-state index contributed by atoms with van der Waals surface area (Å²) in [5.41, 5.74) is 13.1. The smallest absolute Gasteiger partial charge is 0.160 e. The van der Waals surface area contributed by atoms with Crippen molar-refractivity contribution in [3.05, 3.63) is 176 Å².